The van der Waals surface area contributed by atoms with Crippen molar-refractivity contribution in [3.63, 3.8) is 0 Å². The van der Waals surface area contributed by atoms with Crippen LogP contribution in [0.3, 0.4) is 0 Å². The van der Waals surface area contributed by atoms with E-state index in [9.17, 15) is 0 Å². The molecule has 2 N–H and O–H groups in total. The second kappa shape index (κ2) is 6.20. The van der Waals surface area contributed by atoms with E-state index in [0.29, 0.717) is 5.54 Å². The van der Waals surface area contributed by atoms with Crippen molar-refractivity contribution in [2.75, 3.05) is 19.6 Å². The van der Waals surface area contributed by atoms with Crippen LogP contribution in [-0.2, 0) is 0 Å². The average molecular weight is 293 g/mol. The third kappa shape index (κ3) is 3.03. The Kier molecular flexibility index (Phi) is 4.66. The quantitative estimate of drug-likeness (QED) is 0.845. The highest BCUT2D eigenvalue weighted by molar-refractivity contribution is 5.01. The van der Waals surface area contributed by atoms with E-state index in [4.69, 9.17) is 5.73 Å². The topological polar surface area (TPSA) is 29.3 Å². The summed E-state index contributed by atoms with van der Waals surface area (Å²) in [6.07, 6.45) is 14.4. The van der Waals surface area contributed by atoms with Gasteiger partial charge >= 0.3 is 0 Å². The van der Waals surface area contributed by atoms with Gasteiger partial charge in [-0.15, -0.1) is 0 Å². The standard InChI is InChI=1S/C19H36N2/c1-16(2)17-6-5-9-19(14-17,15-20)21-12-10-18(11-13-21)7-3-4-8-18/h16-17H,3-15,20H2,1-2H3. The molecular weight excluding hydrogens is 256 g/mol. The van der Waals surface area contributed by atoms with Crippen molar-refractivity contribution in [3.8, 4) is 0 Å². The zero-order valence-electron chi connectivity index (χ0n) is 14.4. The molecule has 2 heteroatoms. The molecule has 3 fully saturated rings. The number of hydrogen-bond donors (Lipinski definition) is 1. The lowest BCUT2D eigenvalue weighted by atomic mass is 9.69. The smallest absolute Gasteiger partial charge is 0.0334 e. The van der Waals surface area contributed by atoms with Gasteiger partial charge in [0.1, 0.15) is 0 Å². The van der Waals surface area contributed by atoms with Crippen LogP contribution >= 0.6 is 0 Å². The Labute approximate surface area is 131 Å². The van der Waals surface area contributed by atoms with Crippen LogP contribution in [0, 0.1) is 17.3 Å². The van der Waals surface area contributed by atoms with Crippen LogP contribution in [-0.4, -0.2) is 30.1 Å². The van der Waals surface area contributed by atoms with Crippen LogP contribution in [0.2, 0.25) is 0 Å². The largest absolute Gasteiger partial charge is 0.329 e. The lowest BCUT2D eigenvalue weighted by Crippen LogP contribution is -2.59. The van der Waals surface area contributed by atoms with E-state index >= 15 is 0 Å². The van der Waals surface area contributed by atoms with Gasteiger partial charge in [-0.1, -0.05) is 39.5 Å². The van der Waals surface area contributed by atoms with Crippen molar-refractivity contribution >= 4 is 0 Å². The number of hydrogen-bond acceptors (Lipinski definition) is 2. The molecule has 0 amide bonds. The van der Waals surface area contributed by atoms with Crippen LogP contribution in [0.15, 0.2) is 0 Å². The van der Waals surface area contributed by atoms with Gasteiger partial charge in [-0.3, -0.25) is 4.90 Å². The first-order chi connectivity index (χ1) is 10.1. The van der Waals surface area contributed by atoms with E-state index in [1.54, 1.807) is 0 Å². The minimum Gasteiger partial charge on any atom is -0.329 e. The highest BCUT2D eigenvalue weighted by Crippen LogP contribution is 2.49. The molecule has 3 rings (SSSR count). The van der Waals surface area contributed by atoms with Gasteiger partial charge in [-0.05, 0) is 68.9 Å². The molecule has 0 aromatic carbocycles. The van der Waals surface area contributed by atoms with E-state index in [0.717, 1.165) is 23.8 Å². The molecule has 21 heavy (non-hydrogen) atoms. The summed E-state index contributed by atoms with van der Waals surface area (Å²) in [7, 11) is 0. The monoisotopic (exact) mass is 292 g/mol. The fourth-order valence-corrected chi connectivity index (χ4v) is 5.64. The summed E-state index contributed by atoms with van der Waals surface area (Å²) in [5, 5.41) is 0. The Hall–Kier alpha value is -0.0800. The maximum atomic E-state index is 6.33. The van der Waals surface area contributed by atoms with Gasteiger partial charge in [0.2, 0.25) is 0 Å². The van der Waals surface area contributed by atoms with Crippen molar-refractivity contribution in [3.05, 3.63) is 0 Å². The van der Waals surface area contributed by atoms with Gasteiger partial charge in [0.15, 0.2) is 0 Å². The Balaban J connectivity index is 1.66. The number of piperidine rings is 1. The lowest BCUT2D eigenvalue weighted by molar-refractivity contribution is -0.0173. The fourth-order valence-electron chi connectivity index (χ4n) is 5.64. The zero-order chi connectivity index (χ0) is 14.9. The molecule has 2 saturated carbocycles. The molecule has 0 aromatic rings. The maximum Gasteiger partial charge on any atom is 0.0334 e. The van der Waals surface area contributed by atoms with E-state index in [-0.39, 0.29) is 0 Å². The number of rotatable bonds is 3. The fraction of sp³-hybridized carbons (Fsp3) is 1.00. The molecule has 0 bridgehead atoms. The molecule has 122 valence electrons. The predicted molar refractivity (Wildman–Crippen MR) is 90.3 cm³/mol. The molecular formula is C19H36N2. The van der Waals surface area contributed by atoms with Gasteiger partial charge in [0.25, 0.3) is 0 Å². The molecule has 0 radical (unpaired) electrons. The summed E-state index contributed by atoms with van der Waals surface area (Å²) >= 11 is 0. The minimum absolute atomic E-state index is 0.341. The predicted octanol–water partition coefficient (Wildman–Crippen LogP) is 4.19. The second-order valence-electron chi connectivity index (χ2n) is 8.72. The van der Waals surface area contributed by atoms with Crippen molar-refractivity contribution in [1.29, 1.82) is 0 Å². The normalized spacial score (nSPS) is 37.4. The summed E-state index contributed by atoms with van der Waals surface area (Å²) in [6.45, 7) is 8.33. The number of nitrogens with two attached hydrogens (primary N) is 1. The van der Waals surface area contributed by atoms with Crippen LogP contribution in [0.4, 0.5) is 0 Å². The molecule has 1 spiro atoms. The summed E-state index contributed by atoms with van der Waals surface area (Å²) in [5.74, 6) is 1.71. The first-order valence-corrected chi connectivity index (χ1v) is 9.54. The van der Waals surface area contributed by atoms with Crippen LogP contribution in [0.5, 0.6) is 0 Å². The molecule has 2 unspecified atom stereocenters. The first kappa shape index (κ1) is 15.8. The first-order valence-electron chi connectivity index (χ1n) is 9.54. The highest BCUT2D eigenvalue weighted by atomic mass is 15.2. The van der Waals surface area contributed by atoms with Gasteiger partial charge in [0.05, 0.1) is 0 Å². The Morgan fingerprint density at radius 3 is 2.24 bits per heavy atom. The number of likely N-dealkylation sites (tertiary alicyclic amines) is 1. The third-order valence-electron chi connectivity index (χ3n) is 7.34. The van der Waals surface area contributed by atoms with Crippen LogP contribution < -0.4 is 5.73 Å². The Bertz CT molecular complexity index is 335. The van der Waals surface area contributed by atoms with Crippen molar-refractivity contribution in [2.24, 2.45) is 23.0 Å². The number of nitrogens with zero attached hydrogens (tertiary/aromatic N) is 1. The minimum atomic E-state index is 0.341. The van der Waals surface area contributed by atoms with E-state index in [1.165, 1.54) is 77.3 Å². The van der Waals surface area contributed by atoms with Gasteiger partial charge in [0, 0.05) is 12.1 Å². The highest BCUT2D eigenvalue weighted by Gasteiger charge is 2.45. The molecule has 1 saturated heterocycles. The summed E-state index contributed by atoms with van der Waals surface area (Å²) in [5.41, 5.74) is 7.41. The van der Waals surface area contributed by atoms with Crippen molar-refractivity contribution < 1.29 is 0 Å². The SMILES string of the molecule is CC(C)C1CCCC(CN)(N2CCC3(CCCC3)CC2)C1. The van der Waals surface area contributed by atoms with E-state index in [1.807, 2.05) is 0 Å². The summed E-state index contributed by atoms with van der Waals surface area (Å²) in [6, 6.07) is 0. The van der Waals surface area contributed by atoms with Gasteiger partial charge < -0.3 is 5.73 Å². The average Bonchev–Trinajstić information content (AvgIpc) is 2.96. The Morgan fingerprint density at radius 2 is 1.67 bits per heavy atom. The molecule has 0 aromatic heterocycles. The second-order valence-corrected chi connectivity index (χ2v) is 8.72. The van der Waals surface area contributed by atoms with Gasteiger partial charge in [-0.25, -0.2) is 0 Å². The molecule has 1 aliphatic heterocycles. The van der Waals surface area contributed by atoms with Gasteiger partial charge in [-0.2, -0.15) is 0 Å². The zero-order valence-corrected chi connectivity index (χ0v) is 14.4. The van der Waals surface area contributed by atoms with Crippen molar-refractivity contribution in [2.45, 2.75) is 83.6 Å². The molecule has 3 aliphatic rings. The molecule has 2 atom stereocenters. The summed E-state index contributed by atoms with van der Waals surface area (Å²) in [4.78, 5) is 2.82. The summed E-state index contributed by atoms with van der Waals surface area (Å²) < 4.78 is 0. The molecule has 1 heterocycles. The van der Waals surface area contributed by atoms with E-state index in [2.05, 4.69) is 18.7 Å². The Morgan fingerprint density at radius 1 is 1.00 bits per heavy atom. The van der Waals surface area contributed by atoms with Crippen LogP contribution in [0.1, 0.15) is 78.1 Å². The van der Waals surface area contributed by atoms with E-state index < -0.39 is 0 Å². The van der Waals surface area contributed by atoms with Crippen LogP contribution in [0.25, 0.3) is 0 Å². The lowest BCUT2D eigenvalue weighted by Gasteiger charge is -2.53. The maximum absolute atomic E-state index is 6.33. The molecule has 2 aliphatic carbocycles. The molecule has 2 nitrogen and oxygen atoms in total. The third-order valence-corrected chi connectivity index (χ3v) is 7.34. The van der Waals surface area contributed by atoms with Crippen molar-refractivity contribution in [1.82, 2.24) is 4.90 Å².